The minimum absolute atomic E-state index is 0.0160. The second-order valence-electron chi connectivity index (χ2n) is 9.32. The summed E-state index contributed by atoms with van der Waals surface area (Å²) in [5.41, 5.74) is 1.45. The molecule has 1 amide bonds. The number of aromatic nitrogens is 3. The van der Waals surface area contributed by atoms with E-state index in [1.165, 1.54) is 13.3 Å². The normalized spacial score (nSPS) is 16.8. The molecule has 35 heavy (non-hydrogen) atoms. The summed E-state index contributed by atoms with van der Waals surface area (Å²) in [7, 11) is 1.24. The lowest BCUT2D eigenvalue weighted by atomic mass is 9.95. The third kappa shape index (κ3) is 3.57. The van der Waals surface area contributed by atoms with Crippen LogP contribution in [0.3, 0.4) is 0 Å². The van der Waals surface area contributed by atoms with E-state index < -0.39 is 23.0 Å². The van der Waals surface area contributed by atoms with Crippen molar-refractivity contribution in [2.24, 2.45) is 0 Å². The number of aromatic amines is 1. The van der Waals surface area contributed by atoms with Gasteiger partial charge in [0.15, 0.2) is 11.6 Å². The first kappa shape index (κ1) is 21.8. The van der Waals surface area contributed by atoms with E-state index in [0.717, 1.165) is 35.8 Å². The minimum atomic E-state index is -1.18. The lowest BCUT2D eigenvalue weighted by molar-refractivity contribution is 0.0709. The Kier molecular flexibility index (Phi) is 5.09. The van der Waals surface area contributed by atoms with E-state index in [1.54, 1.807) is 9.47 Å². The molecular weight excluding hydrogens is 454 g/mol. The Balaban J connectivity index is 1.31. The predicted octanol–water partition coefficient (Wildman–Crippen LogP) is 4.52. The first-order chi connectivity index (χ1) is 17.0. The van der Waals surface area contributed by atoms with E-state index in [-0.39, 0.29) is 34.2 Å². The zero-order chi connectivity index (χ0) is 24.3. The van der Waals surface area contributed by atoms with Crippen LogP contribution in [0, 0.1) is 11.6 Å². The minimum Gasteiger partial charge on any atom is -0.491 e. The number of rotatable bonds is 4. The van der Waals surface area contributed by atoms with Crippen LogP contribution in [0.4, 0.5) is 8.78 Å². The number of halogens is 2. The van der Waals surface area contributed by atoms with Gasteiger partial charge in [-0.05, 0) is 43.9 Å². The van der Waals surface area contributed by atoms with Crippen molar-refractivity contribution in [1.82, 2.24) is 19.4 Å². The number of carbonyl (C=O) groups excluding carboxylic acids is 1. The Hall–Kier alpha value is -3.75. The number of carbonyl (C=O) groups is 1. The van der Waals surface area contributed by atoms with Gasteiger partial charge in [0.05, 0.1) is 29.0 Å². The number of hydrogen-bond acceptors (Lipinski definition) is 4. The molecule has 2 fully saturated rings. The first-order valence-corrected chi connectivity index (χ1v) is 11.8. The molecule has 7 nitrogen and oxygen atoms in total. The van der Waals surface area contributed by atoms with Gasteiger partial charge in [-0.1, -0.05) is 12.1 Å². The lowest BCUT2D eigenvalue weighted by Gasteiger charge is -2.31. The Labute approximate surface area is 199 Å². The molecule has 1 aliphatic carbocycles. The molecule has 1 saturated heterocycles. The summed E-state index contributed by atoms with van der Waals surface area (Å²) in [5.74, 6) is -1.92. The molecule has 1 saturated carbocycles. The third-order valence-corrected chi connectivity index (χ3v) is 7.12. The molecule has 1 N–H and O–H groups in total. The van der Waals surface area contributed by atoms with Crippen LogP contribution in [-0.2, 0) is 0 Å². The number of nitrogens with zero attached hydrogens (tertiary/aromatic N) is 3. The van der Waals surface area contributed by atoms with Crippen molar-refractivity contribution in [1.29, 1.82) is 0 Å². The fourth-order valence-corrected chi connectivity index (χ4v) is 5.10. The summed E-state index contributed by atoms with van der Waals surface area (Å²) in [4.78, 5) is 36.5. The highest BCUT2D eigenvalue weighted by atomic mass is 19.2. The number of amides is 1. The van der Waals surface area contributed by atoms with Crippen molar-refractivity contribution in [3.05, 3.63) is 69.8 Å². The van der Waals surface area contributed by atoms with Gasteiger partial charge in [-0.3, -0.25) is 9.59 Å². The van der Waals surface area contributed by atoms with Gasteiger partial charge in [-0.25, -0.2) is 9.37 Å². The van der Waals surface area contributed by atoms with Gasteiger partial charge >= 0.3 is 0 Å². The van der Waals surface area contributed by atoms with E-state index in [2.05, 4.69) is 4.98 Å². The van der Waals surface area contributed by atoms with Gasteiger partial charge in [-0.2, -0.15) is 4.39 Å². The van der Waals surface area contributed by atoms with Gasteiger partial charge < -0.3 is 19.2 Å². The Morgan fingerprint density at radius 3 is 2.57 bits per heavy atom. The molecule has 0 radical (unpaired) electrons. The molecule has 2 aliphatic rings. The number of benzene rings is 2. The molecule has 2 aromatic carbocycles. The summed E-state index contributed by atoms with van der Waals surface area (Å²) < 4.78 is 35.5. The van der Waals surface area contributed by atoms with Crippen LogP contribution in [-0.4, -0.2) is 45.5 Å². The van der Waals surface area contributed by atoms with Crippen LogP contribution in [0.25, 0.3) is 21.9 Å². The molecule has 2 aromatic heterocycles. The van der Waals surface area contributed by atoms with Crippen molar-refractivity contribution in [2.75, 3.05) is 20.2 Å². The number of piperidine rings is 1. The van der Waals surface area contributed by atoms with Crippen molar-refractivity contribution in [3.8, 4) is 5.75 Å². The van der Waals surface area contributed by atoms with Crippen LogP contribution >= 0.6 is 0 Å². The predicted molar refractivity (Wildman–Crippen MR) is 127 cm³/mol. The molecule has 1 aliphatic heterocycles. The van der Waals surface area contributed by atoms with Gasteiger partial charge in [0.25, 0.3) is 5.91 Å². The van der Waals surface area contributed by atoms with E-state index in [4.69, 9.17) is 9.72 Å². The zero-order valence-corrected chi connectivity index (χ0v) is 19.2. The molecule has 0 unspecified atom stereocenters. The highest BCUT2D eigenvalue weighted by molar-refractivity contribution is 5.98. The van der Waals surface area contributed by atoms with Gasteiger partial charge in [0, 0.05) is 31.2 Å². The number of methoxy groups -OCH3 is 1. The molecule has 4 aromatic rings. The van der Waals surface area contributed by atoms with Crippen LogP contribution in [0.5, 0.6) is 5.75 Å². The second kappa shape index (κ2) is 8.18. The van der Waals surface area contributed by atoms with Crippen molar-refractivity contribution >= 4 is 27.8 Å². The average molecular weight is 478 g/mol. The zero-order valence-electron chi connectivity index (χ0n) is 19.2. The second-order valence-corrected chi connectivity index (χ2v) is 9.32. The number of nitrogens with one attached hydrogen (secondary N) is 1. The maximum absolute atomic E-state index is 14.4. The maximum Gasteiger partial charge on any atom is 0.259 e. The lowest BCUT2D eigenvalue weighted by Crippen LogP contribution is -2.40. The first-order valence-electron chi connectivity index (χ1n) is 11.8. The van der Waals surface area contributed by atoms with E-state index in [0.29, 0.717) is 25.9 Å². The molecular formula is C26H24F2N4O3. The van der Waals surface area contributed by atoms with E-state index in [1.807, 2.05) is 24.3 Å². The summed E-state index contributed by atoms with van der Waals surface area (Å²) >= 11 is 0. The Morgan fingerprint density at radius 2 is 1.89 bits per heavy atom. The topological polar surface area (TPSA) is 80.2 Å². The molecule has 0 bridgehead atoms. The summed E-state index contributed by atoms with van der Waals surface area (Å²) in [6, 6.07) is 8.74. The quantitative estimate of drug-likeness (QED) is 0.468. The molecule has 0 atom stereocenters. The molecule has 0 spiro atoms. The Bertz CT molecular complexity index is 1500. The van der Waals surface area contributed by atoms with Crippen molar-refractivity contribution in [3.63, 3.8) is 0 Å². The van der Waals surface area contributed by atoms with Crippen molar-refractivity contribution < 1.29 is 18.3 Å². The largest absolute Gasteiger partial charge is 0.491 e. The fraction of sp³-hybridized carbons (Fsp3) is 0.346. The van der Waals surface area contributed by atoms with Crippen molar-refractivity contribution in [2.45, 2.75) is 37.6 Å². The number of fused-ring (bicyclic) bond motifs is 2. The number of pyridine rings is 1. The maximum atomic E-state index is 14.4. The van der Waals surface area contributed by atoms with Crippen LogP contribution < -0.4 is 10.2 Å². The third-order valence-electron chi connectivity index (χ3n) is 7.12. The number of para-hydroxylation sites is 2. The molecule has 3 heterocycles. The van der Waals surface area contributed by atoms with E-state index in [9.17, 15) is 18.4 Å². The monoisotopic (exact) mass is 478 g/mol. The highest BCUT2D eigenvalue weighted by Gasteiger charge is 2.32. The summed E-state index contributed by atoms with van der Waals surface area (Å²) in [5, 5.41) is -0.0457. The number of imidazole rings is 1. The SMILES string of the molecule is COc1c(F)c(F)cc2c(=O)c(C(=O)N3CCC(c4nc5ccccc5[nH]4)CC3)cn(C3CC3)c12. The van der Waals surface area contributed by atoms with Gasteiger partial charge in [0.2, 0.25) is 11.2 Å². The fourth-order valence-electron chi connectivity index (χ4n) is 5.10. The van der Waals surface area contributed by atoms with Crippen LogP contribution in [0.2, 0.25) is 0 Å². The Morgan fingerprint density at radius 1 is 1.14 bits per heavy atom. The summed E-state index contributed by atoms with van der Waals surface area (Å²) in [6.45, 7) is 0.950. The van der Waals surface area contributed by atoms with Crippen LogP contribution in [0.15, 0.2) is 41.3 Å². The van der Waals surface area contributed by atoms with Gasteiger partial charge in [-0.15, -0.1) is 0 Å². The number of likely N-dealkylation sites (tertiary alicyclic amines) is 1. The summed E-state index contributed by atoms with van der Waals surface area (Å²) in [6.07, 6.45) is 4.58. The van der Waals surface area contributed by atoms with Crippen LogP contribution in [0.1, 0.15) is 53.8 Å². The smallest absolute Gasteiger partial charge is 0.259 e. The highest BCUT2D eigenvalue weighted by Crippen LogP contribution is 2.40. The van der Waals surface area contributed by atoms with Gasteiger partial charge in [0.1, 0.15) is 11.4 Å². The molecule has 180 valence electrons. The standard InChI is InChI=1S/C26H24F2N4O3/c1-35-24-21(28)18(27)12-16-22(24)32(15-6-7-15)13-17(23(16)33)26(34)31-10-8-14(9-11-31)25-29-19-4-2-3-5-20(19)30-25/h2-5,12-15H,6-11H2,1H3,(H,29,30). The molecule has 9 heteroatoms. The number of ether oxygens (including phenoxy) is 1. The number of H-pyrrole nitrogens is 1. The molecule has 6 rings (SSSR count). The number of hydrogen-bond donors (Lipinski definition) is 1. The average Bonchev–Trinajstić information content (AvgIpc) is 3.63. The van der Waals surface area contributed by atoms with E-state index >= 15 is 0 Å².